The average molecular weight is 309 g/mol. The molecule has 0 nitrogen and oxygen atoms in total. The van der Waals surface area contributed by atoms with Gasteiger partial charge in [0.05, 0.1) is 5.38 Å². The Labute approximate surface area is 129 Å². The number of halogens is 3. The van der Waals surface area contributed by atoms with Crippen LogP contribution in [0.15, 0.2) is 36.4 Å². The number of aryl methyl sites for hydroxylation is 1. The molecule has 0 aromatic heterocycles. The topological polar surface area (TPSA) is 0 Å². The van der Waals surface area contributed by atoms with Crippen LogP contribution < -0.4 is 0 Å². The van der Waals surface area contributed by atoms with Gasteiger partial charge in [0.25, 0.3) is 0 Å². The third kappa shape index (κ3) is 3.82. The molecule has 0 aliphatic rings. The van der Waals surface area contributed by atoms with Crippen LogP contribution in [0.25, 0.3) is 0 Å². The van der Waals surface area contributed by atoms with Crippen LogP contribution in [0.2, 0.25) is 0 Å². The number of hydrogen-bond acceptors (Lipinski definition) is 0. The highest BCUT2D eigenvalue weighted by molar-refractivity contribution is 6.22. The summed E-state index contributed by atoms with van der Waals surface area (Å²) >= 11 is 6.36. The Morgan fingerprint density at radius 3 is 2.19 bits per heavy atom. The summed E-state index contributed by atoms with van der Waals surface area (Å²) < 4.78 is 27.2. The van der Waals surface area contributed by atoms with E-state index in [1.165, 1.54) is 11.6 Å². The zero-order valence-electron chi connectivity index (χ0n) is 12.5. The van der Waals surface area contributed by atoms with Crippen molar-refractivity contribution in [3.63, 3.8) is 0 Å². The highest BCUT2D eigenvalue weighted by Crippen LogP contribution is 2.32. The van der Waals surface area contributed by atoms with Crippen LogP contribution in [0.1, 0.15) is 41.5 Å². The van der Waals surface area contributed by atoms with E-state index in [2.05, 4.69) is 13.8 Å². The van der Waals surface area contributed by atoms with Gasteiger partial charge < -0.3 is 0 Å². The monoisotopic (exact) mass is 308 g/mol. The van der Waals surface area contributed by atoms with Crippen LogP contribution in [-0.4, -0.2) is 0 Å². The molecule has 0 N–H and O–H groups in total. The Hall–Kier alpha value is -1.41. The van der Waals surface area contributed by atoms with Crippen molar-refractivity contribution >= 4 is 11.6 Å². The lowest BCUT2D eigenvalue weighted by Crippen LogP contribution is -2.00. The first-order chi connectivity index (χ1) is 9.88. The number of benzene rings is 2. The van der Waals surface area contributed by atoms with Crippen LogP contribution in [0.5, 0.6) is 0 Å². The van der Waals surface area contributed by atoms with E-state index in [1.54, 1.807) is 6.92 Å². The minimum atomic E-state index is -0.614. The molecule has 0 spiro atoms. The molecule has 0 aliphatic carbocycles. The molecule has 0 fully saturated rings. The van der Waals surface area contributed by atoms with Crippen molar-refractivity contribution in [3.8, 4) is 0 Å². The minimum Gasteiger partial charge on any atom is -0.207 e. The van der Waals surface area contributed by atoms with Crippen molar-refractivity contribution in [2.45, 2.75) is 32.6 Å². The molecular weight excluding hydrogens is 290 g/mol. The maximum absolute atomic E-state index is 13.9. The quantitative estimate of drug-likeness (QED) is 0.626. The fraction of sp³-hybridized carbons (Fsp3) is 0.333. The van der Waals surface area contributed by atoms with Gasteiger partial charge in [-0.3, -0.25) is 0 Å². The zero-order chi connectivity index (χ0) is 15.6. The van der Waals surface area contributed by atoms with E-state index in [1.807, 2.05) is 24.3 Å². The van der Waals surface area contributed by atoms with Gasteiger partial charge in [0.15, 0.2) is 0 Å². The van der Waals surface area contributed by atoms with Crippen molar-refractivity contribution in [1.82, 2.24) is 0 Å². The summed E-state index contributed by atoms with van der Waals surface area (Å²) in [6.07, 6.45) is 0.997. The van der Waals surface area contributed by atoms with Crippen LogP contribution in [0, 0.1) is 24.5 Å². The summed E-state index contributed by atoms with van der Waals surface area (Å²) in [5, 5.41) is -0.614. The first-order valence-corrected chi connectivity index (χ1v) is 7.50. The first-order valence-electron chi connectivity index (χ1n) is 7.07. The molecule has 0 saturated heterocycles. The normalized spacial score (nSPS) is 12.7. The van der Waals surface area contributed by atoms with Gasteiger partial charge >= 0.3 is 0 Å². The lowest BCUT2D eigenvalue weighted by Gasteiger charge is -2.14. The average Bonchev–Trinajstić information content (AvgIpc) is 2.42. The number of hydrogen-bond donors (Lipinski definition) is 0. The molecule has 0 heterocycles. The van der Waals surface area contributed by atoms with Gasteiger partial charge in [-0.2, -0.15) is 0 Å². The predicted octanol–water partition coefficient (Wildman–Crippen LogP) is 5.80. The smallest absolute Gasteiger partial charge is 0.131 e. The van der Waals surface area contributed by atoms with Crippen LogP contribution in [0.3, 0.4) is 0 Å². The molecule has 21 heavy (non-hydrogen) atoms. The molecular formula is C18H19ClF2. The summed E-state index contributed by atoms with van der Waals surface area (Å²) in [6, 6.07) is 10.2. The summed E-state index contributed by atoms with van der Waals surface area (Å²) in [7, 11) is 0. The Kier molecular flexibility index (Phi) is 5.00. The van der Waals surface area contributed by atoms with Crippen molar-refractivity contribution < 1.29 is 8.78 Å². The highest BCUT2D eigenvalue weighted by Gasteiger charge is 2.17. The second-order valence-electron chi connectivity index (χ2n) is 5.83. The fourth-order valence-electron chi connectivity index (χ4n) is 2.35. The van der Waals surface area contributed by atoms with E-state index >= 15 is 0 Å². The fourth-order valence-corrected chi connectivity index (χ4v) is 2.66. The zero-order valence-corrected chi connectivity index (χ0v) is 13.2. The first kappa shape index (κ1) is 16.0. The highest BCUT2D eigenvalue weighted by atomic mass is 35.5. The third-order valence-corrected chi connectivity index (χ3v) is 3.95. The Morgan fingerprint density at radius 1 is 1.00 bits per heavy atom. The van der Waals surface area contributed by atoms with Crippen LogP contribution in [-0.2, 0) is 6.42 Å². The van der Waals surface area contributed by atoms with E-state index < -0.39 is 17.0 Å². The van der Waals surface area contributed by atoms with Gasteiger partial charge in [-0.15, -0.1) is 11.6 Å². The van der Waals surface area contributed by atoms with Crippen molar-refractivity contribution in [2.24, 2.45) is 5.92 Å². The maximum atomic E-state index is 13.9. The second kappa shape index (κ2) is 6.57. The SMILES string of the molecule is Cc1cc(C(Cl)c2ccc(CC(C)C)cc2)c(F)cc1F. The van der Waals surface area contributed by atoms with Gasteiger partial charge in [-0.1, -0.05) is 38.1 Å². The molecule has 2 aromatic rings. The van der Waals surface area contributed by atoms with E-state index in [-0.39, 0.29) is 0 Å². The van der Waals surface area contributed by atoms with Crippen molar-refractivity contribution in [2.75, 3.05) is 0 Å². The van der Waals surface area contributed by atoms with Gasteiger partial charge in [-0.05, 0) is 42.0 Å². The van der Waals surface area contributed by atoms with E-state index in [9.17, 15) is 8.78 Å². The van der Waals surface area contributed by atoms with Crippen LogP contribution in [0.4, 0.5) is 8.78 Å². The molecule has 0 radical (unpaired) electrons. The molecule has 3 heteroatoms. The van der Waals surface area contributed by atoms with Gasteiger partial charge in [-0.25, -0.2) is 8.78 Å². The number of alkyl halides is 1. The van der Waals surface area contributed by atoms with E-state index in [4.69, 9.17) is 11.6 Å². The summed E-state index contributed by atoms with van der Waals surface area (Å²) in [4.78, 5) is 0. The molecule has 0 amide bonds. The molecule has 0 aliphatic heterocycles. The van der Waals surface area contributed by atoms with Crippen molar-refractivity contribution in [1.29, 1.82) is 0 Å². The Morgan fingerprint density at radius 2 is 1.62 bits per heavy atom. The van der Waals surface area contributed by atoms with Gasteiger partial charge in [0.2, 0.25) is 0 Å². The maximum Gasteiger partial charge on any atom is 0.131 e. The lowest BCUT2D eigenvalue weighted by atomic mass is 9.98. The lowest BCUT2D eigenvalue weighted by molar-refractivity contribution is 0.568. The predicted molar refractivity (Wildman–Crippen MR) is 83.8 cm³/mol. The molecule has 1 atom stereocenters. The molecule has 2 rings (SSSR count). The van der Waals surface area contributed by atoms with Crippen molar-refractivity contribution in [3.05, 3.63) is 70.3 Å². The number of rotatable bonds is 4. The van der Waals surface area contributed by atoms with Crippen LogP contribution >= 0.6 is 11.6 Å². The molecule has 1 unspecified atom stereocenters. The van der Waals surface area contributed by atoms with Gasteiger partial charge in [0, 0.05) is 11.6 Å². The third-order valence-electron chi connectivity index (χ3n) is 3.47. The van der Waals surface area contributed by atoms with E-state index in [0.29, 0.717) is 17.0 Å². The minimum absolute atomic E-state index is 0.312. The molecule has 0 bridgehead atoms. The second-order valence-corrected chi connectivity index (χ2v) is 6.26. The summed E-state index contributed by atoms with van der Waals surface area (Å²) in [5.41, 5.74) is 2.75. The molecule has 112 valence electrons. The largest absolute Gasteiger partial charge is 0.207 e. The van der Waals surface area contributed by atoms with E-state index in [0.717, 1.165) is 18.1 Å². The summed E-state index contributed by atoms with van der Waals surface area (Å²) in [5.74, 6) is -0.573. The Bertz CT molecular complexity index is 618. The summed E-state index contributed by atoms with van der Waals surface area (Å²) in [6.45, 7) is 5.93. The standard InChI is InChI=1S/C18H19ClF2/c1-11(2)8-13-4-6-14(7-5-13)18(19)15-9-12(3)16(20)10-17(15)21/h4-7,9-11,18H,8H2,1-3H3. The molecule has 2 aromatic carbocycles. The Balaban J connectivity index is 2.27. The molecule has 0 saturated carbocycles. The van der Waals surface area contributed by atoms with Gasteiger partial charge in [0.1, 0.15) is 11.6 Å².